The summed E-state index contributed by atoms with van der Waals surface area (Å²) in [5.41, 5.74) is 7.20. The summed E-state index contributed by atoms with van der Waals surface area (Å²) in [5, 5.41) is 12.4. The number of hydrogen-bond acceptors (Lipinski definition) is 4. The van der Waals surface area contributed by atoms with Crippen molar-refractivity contribution < 1.29 is 9.94 Å². The van der Waals surface area contributed by atoms with Gasteiger partial charge in [0.05, 0.1) is 13.2 Å². The standard InChI is InChI=1S/C11H14ClN3O2/c12-8-1-2-10(9(7-8)11(13)14-16)15-3-5-17-6-4-15/h1-2,7,16H,3-6H2,(H2,13,14). The van der Waals surface area contributed by atoms with E-state index in [4.69, 9.17) is 27.3 Å². The van der Waals surface area contributed by atoms with Crippen molar-refractivity contribution in [2.75, 3.05) is 31.2 Å². The van der Waals surface area contributed by atoms with Crippen molar-refractivity contribution in [2.24, 2.45) is 10.9 Å². The predicted molar refractivity (Wildman–Crippen MR) is 67.0 cm³/mol. The maximum Gasteiger partial charge on any atom is 0.172 e. The Morgan fingerprint density at radius 2 is 2.12 bits per heavy atom. The van der Waals surface area contributed by atoms with E-state index in [2.05, 4.69) is 10.1 Å². The molecule has 1 fully saturated rings. The zero-order valence-electron chi connectivity index (χ0n) is 9.27. The van der Waals surface area contributed by atoms with Crippen molar-refractivity contribution in [3.8, 4) is 0 Å². The lowest BCUT2D eigenvalue weighted by Crippen LogP contribution is -2.37. The molecule has 0 radical (unpaired) electrons. The van der Waals surface area contributed by atoms with E-state index in [0.29, 0.717) is 23.8 Å². The monoisotopic (exact) mass is 255 g/mol. The van der Waals surface area contributed by atoms with E-state index in [-0.39, 0.29) is 5.84 Å². The van der Waals surface area contributed by atoms with Gasteiger partial charge in [-0.15, -0.1) is 0 Å². The second kappa shape index (κ2) is 5.25. The fourth-order valence-corrected chi connectivity index (χ4v) is 2.02. The molecule has 0 atom stereocenters. The first-order valence-electron chi connectivity index (χ1n) is 5.32. The third-order valence-corrected chi connectivity index (χ3v) is 2.93. The highest BCUT2D eigenvalue weighted by Gasteiger charge is 2.17. The molecule has 0 spiro atoms. The molecule has 1 aliphatic rings. The third-order valence-electron chi connectivity index (χ3n) is 2.69. The number of rotatable bonds is 2. The molecule has 2 rings (SSSR count). The molecule has 92 valence electrons. The maximum absolute atomic E-state index is 8.78. The van der Waals surface area contributed by atoms with Crippen LogP contribution in [0.5, 0.6) is 0 Å². The molecule has 6 heteroatoms. The zero-order chi connectivity index (χ0) is 12.3. The fraction of sp³-hybridized carbons (Fsp3) is 0.364. The van der Waals surface area contributed by atoms with E-state index >= 15 is 0 Å². The molecule has 1 aliphatic heterocycles. The van der Waals surface area contributed by atoms with Gasteiger partial charge in [0.25, 0.3) is 0 Å². The molecule has 5 nitrogen and oxygen atoms in total. The van der Waals surface area contributed by atoms with Gasteiger partial charge in [-0.1, -0.05) is 16.8 Å². The molecule has 1 saturated heterocycles. The van der Waals surface area contributed by atoms with Crippen molar-refractivity contribution in [3.05, 3.63) is 28.8 Å². The smallest absolute Gasteiger partial charge is 0.172 e. The van der Waals surface area contributed by atoms with Gasteiger partial charge in [-0.05, 0) is 18.2 Å². The quantitative estimate of drug-likeness (QED) is 0.361. The summed E-state index contributed by atoms with van der Waals surface area (Å²) >= 11 is 5.92. The molecule has 0 aliphatic carbocycles. The molecule has 1 aromatic rings. The summed E-state index contributed by atoms with van der Waals surface area (Å²) in [6, 6.07) is 5.36. The molecule has 3 N–H and O–H groups in total. The first kappa shape index (κ1) is 12.0. The normalized spacial score (nSPS) is 17.2. The van der Waals surface area contributed by atoms with Crippen LogP contribution in [0.15, 0.2) is 23.4 Å². The second-order valence-corrected chi connectivity index (χ2v) is 4.18. The number of nitrogens with zero attached hydrogens (tertiary/aromatic N) is 2. The maximum atomic E-state index is 8.78. The lowest BCUT2D eigenvalue weighted by Gasteiger charge is -2.30. The van der Waals surface area contributed by atoms with E-state index in [1.54, 1.807) is 12.1 Å². The van der Waals surface area contributed by atoms with Gasteiger partial charge >= 0.3 is 0 Å². The van der Waals surface area contributed by atoms with Crippen LogP contribution in [-0.2, 0) is 4.74 Å². The summed E-state index contributed by atoms with van der Waals surface area (Å²) in [6.45, 7) is 2.93. The van der Waals surface area contributed by atoms with E-state index in [9.17, 15) is 0 Å². The number of morpholine rings is 1. The molecule has 0 unspecified atom stereocenters. The van der Waals surface area contributed by atoms with Crippen LogP contribution in [0.1, 0.15) is 5.56 Å². The zero-order valence-corrected chi connectivity index (χ0v) is 10.0. The van der Waals surface area contributed by atoms with E-state index < -0.39 is 0 Å². The van der Waals surface area contributed by atoms with Gasteiger partial charge in [-0.3, -0.25) is 0 Å². The van der Waals surface area contributed by atoms with Crippen LogP contribution in [0.3, 0.4) is 0 Å². The van der Waals surface area contributed by atoms with E-state index in [0.717, 1.165) is 18.8 Å². The Hall–Kier alpha value is -1.46. The summed E-state index contributed by atoms with van der Waals surface area (Å²) < 4.78 is 5.29. The SMILES string of the molecule is NC(=NO)c1cc(Cl)ccc1N1CCOCC1. The number of halogens is 1. The van der Waals surface area contributed by atoms with Crippen LogP contribution in [0.4, 0.5) is 5.69 Å². The van der Waals surface area contributed by atoms with Crippen LogP contribution in [0.25, 0.3) is 0 Å². The average Bonchev–Trinajstić information content (AvgIpc) is 2.38. The van der Waals surface area contributed by atoms with E-state index in [1.807, 2.05) is 6.07 Å². The highest BCUT2D eigenvalue weighted by atomic mass is 35.5. The summed E-state index contributed by atoms with van der Waals surface area (Å²) in [6.07, 6.45) is 0. The van der Waals surface area contributed by atoms with Crippen molar-refractivity contribution in [1.29, 1.82) is 0 Å². The molecule has 0 bridgehead atoms. The van der Waals surface area contributed by atoms with Crippen molar-refractivity contribution >= 4 is 23.1 Å². The number of hydrogen-bond donors (Lipinski definition) is 2. The van der Waals surface area contributed by atoms with Gasteiger partial charge in [0.15, 0.2) is 5.84 Å². The predicted octanol–water partition coefficient (Wildman–Crippen LogP) is 1.27. The molecule has 0 aromatic heterocycles. The van der Waals surface area contributed by atoms with Crippen molar-refractivity contribution in [3.63, 3.8) is 0 Å². The summed E-state index contributed by atoms with van der Waals surface area (Å²) in [4.78, 5) is 2.13. The summed E-state index contributed by atoms with van der Waals surface area (Å²) in [5.74, 6) is 0.0639. The number of amidine groups is 1. The first-order chi connectivity index (χ1) is 8.22. The van der Waals surface area contributed by atoms with Crippen LogP contribution >= 0.6 is 11.6 Å². The molecular formula is C11H14ClN3O2. The largest absolute Gasteiger partial charge is 0.409 e. The summed E-state index contributed by atoms with van der Waals surface area (Å²) in [7, 11) is 0. The van der Waals surface area contributed by atoms with Crippen LogP contribution in [-0.4, -0.2) is 37.3 Å². The highest BCUT2D eigenvalue weighted by Crippen LogP contribution is 2.25. The number of ether oxygens (including phenoxy) is 1. The van der Waals surface area contributed by atoms with Gasteiger partial charge in [0.2, 0.25) is 0 Å². The highest BCUT2D eigenvalue weighted by molar-refractivity contribution is 6.31. The Morgan fingerprint density at radius 3 is 2.76 bits per heavy atom. The molecule has 1 heterocycles. The number of anilines is 1. The van der Waals surface area contributed by atoms with Crippen LogP contribution in [0.2, 0.25) is 5.02 Å². The molecule has 0 saturated carbocycles. The topological polar surface area (TPSA) is 71.1 Å². The van der Waals surface area contributed by atoms with Gasteiger partial charge in [-0.2, -0.15) is 0 Å². The van der Waals surface area contributed by atoms with Crippen LogP contribution < -0.4 is 10.6 Å². The van der Waals surface area contributed by atoms with Crippen molar-refractivity contribution in [1.82, 2.24) is 0 Å². The van der Waals surface area contributed by atoms with Crippen molar-refractivity contribution in [2.45, 2.75) is 0 Å². The Labute approximate surface area is 104 Å². The second-order valence-electron chi connectivity index (χ2n) is 3.75. The number of benzene rings is 1. The lowest BCUT2D eigenvalue weighted by atomic mass is 10.1. The fourth-order valence-electron chi connectivity index (χ4n) is 1.85. The Kier molecular flexibility index (Phi) is 3.71. The lowest BCUT2D eigenvalue weighted by molar-refractivity contribution is 0.122. The van der Waals surface area contributed by atoms with Gasteiger partial charge < -0.3 is 20.6 Å². The molecule has 1 aromatic carbocycles. The van der Waals surface area contributed by atoms with Crippen LogP contribution in [0, 0.1) is 0 Å². The molecule has 17 heavy (non-hydrogen) atoms. The Morgan fingerprint density at radius 1 is 1.41 bits per heavy atom. The Bertz CT molecular complexity index is 431. The minimum atomic E-state index is 0.0639. The molecule has 0 amide bonds. The number of oxime groups is 1. The Balaban J connectivity index is 2.37. The minimum absolute atomic E-state index is 0.0639. The minimum Gasteiger partial charge on any atom is -0.409 e. The van der Waals surface area contributed by atoms with Gasteiger partial charge in [0, 0.05) is 29.4 Å². The number of nitrogens with two attached hydrogens (primary N) is 1. The average molecular weight is 256 g/mol. The molecular weight excluding hydrogens is 242 g/mol. The first-order valence-corrected chi connectivity index (χ1v) is 5.70. The third kappa shape index (κ3) is 2.62. The van der Waals surface area contributed by atoms with Gasteiger partial charge in [-0.25, -0.2) is 0 Å². The van der Waals surface area contributed by atoms with E-state index in [1.165, 1.54) is 0 Å². The van der Waals surface area contributed by atoms with Gasteiger partial charge in [0.1, 0.15) is 0 Å².